The number of aromatic nitrogens is 1. The molecule has 3 rings (SSSR count). The Morgan fingerprint density at radius 2 is 1.86 bits per heavy atom. The fraction of sp³-hybridized carbons (Fsp3) is 0.391. The molecule has 1 aliphatic heterocycles. The van der Waals surface area contributed by atoms with E-state index in [1.165, 1.54) is 11.8 Å². The predicted molar refractivity (Wildman–Crippen MR) is 122 cm³/mol. The molecule has 0 spiro atoms. The van der Waals surface area contributed by atoms with E-state index < -0.39 is 0 Å². The molecule has 154 valence electrons. The van der Waals surface area contributed by atoms with Crippen LogP contribution < -0.4 is 4.74 Å². The normalized spacial score (nSPS) is 17.4. The van der Waals surface area contributed by atoms with Crippen molar-refractivity contribution in [3.8, 4) is 11.4 Å². The molecular weight excluding hydrogens is 382 g/mol. The van der Waals surface area contributed by atoms with Crippen LogP contribution in [0.1, 0.15) is 44.6 Å². The molecule has 6 heteroatoms. The smallest absolute Gasteiger partial charge is 0.266 e. The molecule has 5 nitrogen and oxygen atoms in total. The van der Waals surface area contributed by atoms with Crippen molar-refractivity contribution in [3.63, 3.8) is 0 Å². The van der Waals surface area contributed by atoms with E-state index in [1.807, 2.05) is 52.0 Å². The van der Waals surface area contributed by atoms with Crippen LogP contribution in [0, 0.1) is 13.8 Å². The topological polar surface area (TPSA) is 46.8 Å². The lowest BCUT2D eigenvalue weighted by atomic mass is 10.2. The van der Waals surface area contributed by atoms with Gasteiger partial charge in [-0.1, -0.05) is 6.07 Å². The molecule has 0 radical (unpaired) electrons. The molecule has 2 aromatic rings. The lowest BCUT2D eigenvalue weighted by Gasteiger charge is -2.20. The first-order chi connectivity index (χ1) is 13.7. The summed E-state index contributed by atoms with van der Waals surface area (Å²) in [7, 11) is 1.67. The molecule has 0 unspecified atom stereocenters. The molecule has 1 aliphatic rings. The molecule has 1 aromatic heterocycles. The van der Waals surface area contributed by atoms with Gasteiger partial charge in [0.1, 0.15) is 5.75 Å². The molecule has 1 aromatic carbocycles. The second-order valence-electron chi connectivity index (χ2n) is 7.75. The lowest BCUT2D eigenvalue weighted by molar-refractivity contribution is -0.123. The molecular formula is C23H29N3O2S. The van der Waals surface area contributed by atoms with Gasteiger partial charge < -0.3 is 9.30 Å². The van der Waals surface area contributed by atoms with Gasteiger partial charge in [0.15, 0.2) is 5.17 Å². The van der Waals surface area contributed by atoms with Gasteiger partial charge >= 0.3 is 0 Å². The maximum Gasteiger partial charge on any atom is 0.266 e. The van der Waals surface area contributed by atoms with Gasteiger partial charge in [-0.2, -0.15) is 0 Å². The van der Waals surface area contributed by atoms with Crippen molar-refractivity contribution in [1.29, 1.82) is 0 Å². The number of hydrogen-bond donors (Lipinski definition) is 0. The minimum atomic E-state index is 0.0237. The van der Waals surface area contributed by atoms with Gasteiger partial charge in [-0.15, -0.1) is 0 Å². The van der Waals surface area contributed by atoms with Crippen molar-refractivity contribution >= 4 is 28.9 Å². The number of hydrogen-bond acceptors (Lipinski definition) is 4. The van der Waals surface area contributed by atoms with Crippen molar-refractivity contribution in [2.24, 2.45) is 4.99 Å². The molecule has 0 N–H and O–H groups in total. The van der Waals surface area contributed by atoms with E-state index in [1.54, 1.807) is 12.0 Å². The Bertz CT molecular complexity index is 986. The van der Waals surface area contributed by atoms with E-state index in [0.717, 1.165) is 33.6 Å². The number of rotatable bonds is 5. The Labute approximate surface area is 177 Å². The number of carbonyl (C=O) groups excluding carboxylic acids is 1. The zero-order valence-corrected chi connectivity index (χ0v) is 19.0. The summed E-state index contributed by atoms with van der Waals surface area (Å²) in [5, 5.41) is 0.785. The highest BCUT2D eigenvalue weighted by Gasteiger charge is 2.35. The summed E-state index contributed by atoms with van der Waals surface area (Å²) in [6.45, 7) is 12.2. The second kappa shape index (κ2) is 8.49. The van der Waals surface area contributed by atoms with Crippen LogP contribution in [-0.2, 0) is 4.79 Å². The first kappa shape index (κ1) is 21.2. The molecule has 2 heterocycles. The summed E-state index contributed by atoms with van der Waals surface area (Å²) in [6, 6.07) is 10.3. The number of ether oxygens (including phenoxy) is 1. The quantitative estimate of drug-likeness (QED) is 0.636. The van der Waals surface area contributed by atoms with Crippen molar-refractivity contribution in [1.82, 2.24) is 9.47 Å². The standard InChI is InChI=1S/C23H29N3O2S/c1-14(2)24-23-25(15(3)4)22(27)21(29-23)12-18-11-16(5)26(17(18)6)19-9-8-10-20(13-19)28-7/h8-15H,1-7H3/b21-12-,24-23?. The minimum absolute atomic E-state index is 0.0237. The van der Waals surface area contributed by atoms with E-state index in [0.29, 0.717) is 4.91 Å². The van der Waals surface area contributed by atoms with Crippen LogP contribution in [0.4, 0.5) is 0 Å². The number of nitrogens with zero attached hydrogens (tertiary/aromatic N) is 3. The largest absolute Gasteiger partial charge is 0.497 e. The molecule has 1 saturated heterocycles. The minimum Gasteiger partial charge on any atom is -0.497 e. The van der Waals surface area contributed by atoms with Gasteiger partial charge in [-0.25, -0.2) is 0 Å². The van der Waals surface area contributed by atoms with Gasteiger partial charge in [0.25, 0.3) is 5.91 Å². The number of methoxy groups -OCH3 is 1. The van der Waals surface area contributed by atoms with E-state index >= 15 is 0 Å². The average Bonchev–Trinajstić information content (AvgIpc) is 3.10. The Hall–Kier alpha value is -2.47. The van der Waals surface area contributed by atoms with E-state index in [2.05, 4.69) is 35.5 Å². The summed E-state index contributed by atoms with van der Waals surface area (Å²) in [4.78, 5) is 20.2. The monoisotopic (exact) mass is 411 g/mol. The van der Waals surface area contributed by atoms with E-state index in [9.17, 15) is 4.79 Å². The molecule has 0 atom stereocenters. The van der Waals surface area contributed by atoms with Gasteiger partial charge in [0.05, 0.1) is 12.0 Å². The third kappa shape index (κ3) is 4.27. The fourth-order valence-electron chi connectivity index (χ4n) is 3.47. The van der Waals surface area contributed by atoms with Gasteiger partial charge in [-0.3, -0.25) is 14.7 Å². The maximum absolute atomic E-state index is 13.0. The van der Waals surface area contributed by atoms with Crippen LogP contribution in [0.2, 0.25) is 0 Å². The fourth-order valence-corrected chi connectivity index (χ4v) is 4.70. The van der Waals surface area contributed by atoms with Crippen LogP contribution in [0.15, 0.2) is 40.2 Å². The molecule has 0 bridgehead atoms. The maximum atomic E-state index is 13.0. The number of aryl methyl sites for hydroxylation is 1. The molecule has 0 aliphatic carbocycles. The van der Waals surface area contributed by atoms with Gasteiger partial charge in [-0.05, 0) is 83.1 Å². The van der Waals surface area contributed by atoms with Crippen LogP contribution in [0.5, 0.6) is 5.75 Å². The summed E-state index contributed by atoms with van der Waals surface area (Å²) >= 11 is 1.46. The SMILES string of the molecule is COc1cccc(-n2c(C)cc(/C=C3\SC(=NC(C)C)N(C(C)C)C3=O)c2C)c1. The number of carbonyl (C=O) groups is 1. The highest BCUT2D eigenvalue weighted by atomic mass is 32.2. The van der Waals surface area contributed by atoms with Crippen LogP contribution in [0.3, 0.4) is 0 Å². The first-order valence-electron chi connectivity index (χ1n) is 9.87. The Morgan fingerprint density at radius 3 is 2.48 bits per heavy atom. The number of aliphatic imine (C=N–C) groups is 1. The second-order valence-corrected chi connectivity index (χ2v) is 8.76. The number of amides is 1. The zero-order valence-electron chi connectivity index (χ0n) is 18.2. The van der Waals surface area contributed by atoms with Crippen molar-refractivity contribution < 1.29 is 9.53 Å². The van der Waals surface area contributed by atoms with Gasteiger partial charge in [0.2, 0.25) is 0 Å². The zero-order chi connectivity index (χ0) is 21.3. The number of benzene rings is 1. The van der Waals surface area contributed by atoms with Crippen LogP contribution in [-0.4, -0.2) is 39.7 Å². The first-order valence-corrected chi connectivity index (χ1v) is 10.7. The summed E-state index contributed by atoms with van der Waals surface area (Å²) < 4.78 is 7.55. The average molecular weight is 412 g/mol. The van der Waals surface area contributed by atoms with E-state index in [-0.39, 0.29) is 18.0 Å². The highest BCUT2D eigenvalue weighted by Crippen LogP contribution is 2.35. The predicted octanol–water partition coefficient (Wildman–Crippen LogP) is 5.19. The molecule has 0 saturated carbocycles. The summed E-state index contributed by atoms with van der Waals surface area (Å²) in [5.74, 6) is 0.842. The van der Waals surface area contributed by atoms with Crippen LogP contribution in [0.25, 0.3) is 11.8 Å². The Balaban J connectivity index is 2.02. The number of amidine groups is 1. The number of thioether (sulfide) groups is 1. The molecule has 29 heavy (non-hydrogen) atoms. The third-order valence-corrected chi connectivity index (χ3v) is 5.79. The van der Waals surface area contributed by atoms with Crippen molar-refractivity contribution in [2.75, 3.05) is 7.11 Å². The highest BCUT2D eigenvalue weighted by molar-refractivity contribution is 8.18. The van der Waals surface area contributed by atoms with Gasteiger partial charge in [0, 0.05) is 35.2 Å². The van der Waals surface area contributed by atoms with Crippen molar-refractivity contribution in [3.05, 3.63) is 52.2 Å². The van der Waals surface area contributed by atoms with E-state index in [4.69, 9.17) is 4.74 Å². The Morgan fingerprint density at radius 1 is 1.14 bits per heavy atom. The Kier molecular flexibility index (Phi) is 6.22. The lowest BCUT2D eigenvalue weighted by Crippen LogP contribution is -2.35. The van der Waals surface area contributed by atoms with Crippen LogP contribution >= 0.6 is 11.8 Å². The molecule has 1 amide bonds. The summed E-state index contributed by atoms with van der Waals surface area (Å²) in [6.07, 6.45) is 1.99. The molecule has 1 fully saturated rings. The summed E-state index contributed by atoms with van der Waals surface area (Å²) in [5.41, 5.74) is 4.27. The third-order valence-electron chi connectivity index (χ3n) is 4.79. The van der Waals surface area contributed by atoms with Crippen molar-refractivity contribution in [2.45, 2.75) is 53.6 Å².